The van der Waals surface area contributed by atoms with Gasteiger partial charge in [0.2, 0.25) is 0 Å². The Bertz CT molecular complexity index is 972. The number of hydrogen-bond acceptors (Lipinski definition) is 6. The number of rotatable bonds is 7. The van der Waals surface area contributed by atoms with Crippen LogP contribution in [0, 0.1) is 0 Å². The van der Waals surface area contributed by atoms with Gasteiger partial charge in [0.15, 0.2) is 8.32 Å². The summed E-state index contributed by atoms with van der Waals surface area (Å²) in [5, 5.41) is 0.104. The number of benzene rings is 1. The quantitative estimate of drug-likeness (QED) is 0.337. The molecule has 2 amide bonds. The van der Waals surface area contributed by atoms with Gasteiger partial charge in [-0.3, -0.25) is 19.3 Å². The van der Waals surface area contributed by atoms with Crippen molar-refractivity contribution in [1.29, 1.82) is 0 Å². The normalized spacial score (nSPS) is 15.2. The molecule has 1 aromatic carbocycles. The molecule has 1 aliphatic heterocycles. The fourth-order valence-electron chi connectivity index (χ4n) is 3.14. The van der Waals surface area contributed by atoms with E-state index in [1.165, 1.54) is 18.4 Å². The van der Waals surface area contributed by atoms with Crippen LogP contribution in [0.15, 0.2) is 36.4 Å². The maximum absolute atomic E-state index is 12.7. The van der Waals surface area contributed by atoms with Gasteiger partial charge in [-0.15, -0.1) is 11.3 Å². The van der Waals surface area contributed by atoms with Crippen LogP contribution in [-0.2, 0) is 20.6 Å². The van der Waals surface area contributed by atoms with Crippen molar-refractivity contribution in [1.82, 2.24) is 4.90 Å². The highest BCUT2D eigenvalue weighted by molar-refractivity contribution is 7.12. The lowest BCUT2D eigenvalue weighted by Crippen LogP contribution is -2.40. The van der Waals surface area contributed by atoms with Gasteiger partial charge in [0.1, 0.15) is 5.92 Å². The molecule has 166 valence electrons. The molecule has 1 aliphatic rings. The molecule has 0 radical (unpaired) electrons. The third-order valence-corrected chi connectivity index (χ3v) is 11.8. The van der Waals surface area contributed by atoms with Gasteiger partial charge in [-0.2, -0.15) is 0 Å². The molecule has 2 aromatic rings. The van der Waals surface area contributed by atoms with Crippen LogP contribution in [0.1, 0.15) is 57.2 Å². The Labute approximate surface area is 188 Å². The molecule has 2 heterocycles. The number of carbonyl (C=O) groups excluding carboxylic acids is 3. The fraction of sp³-hybridized carbons (Fsp3) is 0.435. The van der Waals surface area contributed by atoms with Crippen molar-refractivity contribution in [2.45, 2.75) is 51.4 Å². The van der Waals surface area contributed by atoms with E-state index in [-0.39, 0.29) is 23.4 Å². The predicted octanol–water partition coefficient (Wildman–Crippen LogP) is 4.82. The molecule has 3 rings (SSSR count). The number of amides is 2. The van der Waals surface area contributed by atoms with Crippen molar-refractivity contribution < 1.29 is 23.5 Å². The Kier molecular flexibility index (Phi) is 6.55. The Hall–Kier alpha value is -2.29. The number of thiophene rings is 1. The van der Waals surface area contributed by atoms with Crippen LogP contribution in [-0.4, -0.2) is 44.7 Å². The van der Waals surface area contributed by atoms with Crippen LogP contribution >= 0.6 is 11.3 Å². The summed E-state index contributed by atoms with van der Waals surface area (Å²) < 4.78 is 11.3. The van der Waals surface area contributed by atoms with E-state index in [4.69, 9.17) is 9.16 Å². The number of hydrogen-bond donors (Lipinski definition) is 0. The van der Waals surface area contributed by atoms with Crippen molar-refractivity contribution in [3.8, 4) is 0 Å². The van der Waals surface area contributed by atoms with Gasteiger partial charge in [0.05, 0.1) is 24.8 Å². The minimum Gasteiger partial charge on any atom is -0.468 e. The first-order valence-corrected chi connectivity index (χ1v) is 13.9. The smallest absolute Gasteiger partial charge is 0.315 e. The lowest BCUT2D eigenvalue weighted by Gasteiger charge is -2.36. The van der Waals surface area contributed by atoms with Gasteiger partial charge in [-0.25, -0.2) is 0 Å². The van der Waals surface area contributed by atoms with Crippen molar-refractivity contribution in [3.05, 3.63) is 57.3 Å². The number of nitrogens with zero attached hydrogens (tertiary/aromatic N) is 1. The number of esters is 1. The van der Waals surface area contributed by atoms with E-state index < -0.39 is 20.2 Å². The summed E-state index contributed by atoms with van der Waals surface area (Å²) in [6.45, 7) is 11.4. The summed E-state index contributed by atoms with van der Waals surface area (Å²) in [5.74, 6) is -1.98. The first-order chi connectivity index (χ1) is 14.5. The second kappa shape index (κ2) is 8.68. The SMILES string of the molecule is COC(=O)C(CN1C(=O)c2ccccc2C1=O)c1ccc(CO[Si](C)(C)C(C)(C)C)s1. The zero-order chi connectivity index (χ0) is 23.0. The van der Waals surface area contributed by atoms with Crippen LogP contribution in [0.5, 0.6) is 0 Å². The van der Waals surface area contributed by atoms with Gasteiger partial charge in [-0.1, -0.05) is 32.9 Å². The highest BCUT2D eigenvalue weighted by Gasteiger charge is 2.39. The number of imide groups is 1. The number of methoxy groups -OCH3 is 1. The summed E-state index contributed by atoms with van der Waals surface area (Å²) in [7, 11) is -0.589. The maximum atomic E-state index is 12.7. The second-order valence-corrected chi connectivity index (χ2v) is 15.2. The minimum absolute atomic E-state index is 0.0535. The average molecular weight is 460 g/mol. The zero-order valence-electron chi connectivity index (χ0n) is 18.9. The third-order valence-electron chi connectivity index (χ3n) is 6.14. The topological polar surface area (TPSA) is 72.9 Å². The Morgan fingerprint density at radius 1 is 1.06 bits per heavy atom. The molecule has 1 aromatic heterocycles. The van der Waals surface area contributed by atoms with E-state index in [1.54, 1.807) is 24.3 Å². The summed E-state index contributed by atoms with van der Waals surface area (Å²) in [6, 6.07) is 10.5. The van der Waals surface area contributed by atoms with E-state index in [9.17, 15) is 14.4 Å². The van der Waals surface area contributed by atoms with Crippen LogP contribution < -0.4 is 0 Å². The molecule has 1 unspecified atom stereocenters. The zero-order valence-corrected chi connectivity index (χ0v) is 20.7. The van der Waals surface area contributed by atoms with Crippen molar-refractivity contribution >= 4 is 37.4 Å². The first kappa shape index (κ1) is 23.4. The third kappa shape index (κ3) is 4.66. The molecule has 0 fully saturated rings. The minimum atomic E-state index is -1.90. The van der Waals surface area contributed by atoms with Gasteiger partial charge in [0, 0.05) is 16.3 Å². The highest BCUT2D eigenvalue weighted by Crippen LogP contribution is 2.38. The van der Waals surface area contributed by atoms with E-state index in [1.807, 2.05) is 12.1 Å². The van der Waals surface area contributed by atoms with Gasteiger partial charge >= 0.3 is 5.97 Å². The summed E-state index contributed by atoms with van der Waals surface area (Å²) >= 11 is 1.45. The first-order valence-electron chi connectivity index (χ1n) is 10.2. The monoisotopic (exact) mass is 459 g/mol. The molecule has 6 nitrogen and oxygen atoms in total. The Balaban J connectivity index is 1.78. The van der Waals surface area contributed by atoms with Crippen LogP contribution in [0.3, 0.4) is 0 Å². The lowest BCUT2D eigenvalue weighted by atomic mass is 10.1. The van der Waals surface area contributed by atoms with Gasteiger partial charge in [0.25, 0.3) is 11.8 Å². The predicted molar refractivity (Wildman–Crippen MR) is 123 cm³/mol. The average Bonchev–Trinajstić information content (AvgIpc) is 3.28. The van der Waals surface area contributed by atoms with Crippen LogP contribution in [0.4, 0.5) is 0 Å². The van der Waals surface area contributed by atoms with Gasteiger partial charge in [-0.05, 0) is 42.4 Å². The Morgan fingerprint density at radius 2 is 1.65 bits per heavy atom. The molecule has 0 N–H and O–H groups in total. The van der Waals surface area contributed by atoms with Crippen LogP contribution in [0.2, 0.25) is 18.1 Å². The fourth-order valence-corrected chi connectivity index (χ4v) is 5.20. The number of fused-ring (bicyclic) bond motifs is 1. The Morgan fingerprint density at radius 3 is 2.16 bits per heavy atom. The van der Waals surface area contributed by atoms with Crippen molar-refractivity contribution in [2.24, 2.45) is 0 Å². The molecule has 0 spiro atoms. The van der Waals surface area contributed by atoms with Crippen LogP contribution in [0.25, 0.3) is 0 Å². The maximum Gasteiger partial charge on any atom is 0.315 e. The molecule has 0 aliphatic carbocycles. The molecular formula is C23H29NO5SSi. The van der Waals surface area contributed by atoms with E-state index >= 15 is 0 Å². The molecule has 1 atom stereocenters. The lowest BCUT2D eigenvalue weighted by molar-refractivity contribution is -0.142. The largest absolute Gasteiger partial charge is 0.468 e. The molecule has 0 bridgehead atoms. The van der Waals surface area contributed by atoms with Crippen molar-refractivity contribution in [2.75, 3.05) is 13.7 Å². The molecule has 8 heteroatoms. The highest BCUT2D eigenvalue weighted by atomic mass is 32.1. The summed E-state index contributed by atoms with van der Waals surface area (Å²) in [5.41, 5.74) is 0.733. The summed E-state index contributed by atoms with van der Waals surface area (Å²) in [4.78, 5) is 40.9. The number of carbonyl (C=O) groups is 3. The summed E-state index contributed by atoms with van der Waals surface area (Å²) in [6.07, 6.45) is 0. The molecule has 0 saturated heterocycles. The molecule has 0 saturated carbocycles. The molecule has 31 heavy (non-hydrogen) atoms. The molecular weight excluding hydrogens is 430 g/mol. The second-order valence-electron chi connectivity index (χ2n) is 9.20. The van der Waals surface area contributed by atoms with E-state index in [0.29, 0.717) is 17.7 Å². The standard InChI is InChI=1S/C23H29NO5SSi/c1-23(2,3)31(5,6)29-14-15-11-12-19(30-15)18(22(27)28-4)13-24-20(25)16-9-7-8-10-17(16)21(24)26/h7-12,18H,13-14H2,1-6H3. The van der Waals surface area contributed by atoms with E-state index in [0.717, 1.165) is 14.7 Å². The number of ether oxygens (including phenoxy) is 1. The van der Waals surface area contributed by atoms with Gasteiger partial charge < -0.3 is 9.16 Å². The van der Waals surface area contributed by atoms with E-state index in [2.05, 4.69) is 33.9 Å². The van der Waals surface area contributed by atoms with Crippen molar-refractivity contribution in [3.63, 3.8) is 0 Å².